The topological polar surface area (TPSA) is 44.4 Å². The van der Waals surface area contributed by atoms with E-state index in [1.807, 2.05) is 6.92 Å². The van der Waals surface area contributed by atoms with E-state index in [-0.39, 0.29) is 11.9 Å². The summed E-state index contributed by atoms with van der Waals surface area (Å²) in [6.45, 7) is 10.2. The minimum Gasteiger partial charge on any atom is -0.355 e. The minimum absolute atomic E-state index is 0.0274. The molecule has 0 radical (unpaired) electrons. The highest BCUT2D eigenvalue weighted by Gasteiger charge is 2.36. The van der Waals surface area contributed by atoms with E-state index >= 15 is 0 Å². The average Bonchev–Trinajstić information content (AvgIpc) is 2.47. The molecule has 2 rings (SSSR count). The monoisotopic (exact) mass is 281 g/mol. The molecule has 4 heteroatoms. The highest BCUT2D eigenvalue weighted by Crippen LogP contribution is 2.33. The average molecular weight is 281 g/mol. The minimum atomic E-state index is 0.0274. The summed E-state index contributed by atoms with van der Waals surface area (Å²) in [5.41, 5.74) is 0. The molecule has 1 saturated carbocycles. The van der Waals surface area contributed by atoms with Crippen molar-refractivity contribution in [2.75, 3.05) is 26.2 Å². The van der Waals surface area contributed by atoms with Crippen molar-refractivity contribution in [2.45, 2.75) is 58.5 Å². The van der Waals surface area contributed by atoms with Crippen molar-refractivity contribution in [3.63, 3.8) is 0 Å². The molecule has 3 atom stereocenters. The highest BCUT2D eigenvalue weighted by molar-refractivity contribution is 5.82. The summed E-state index contributed by atoms with van der Waals surface area (Å²) in [4.78, 5) is 14.8. The van der Waals surface area contributed by atoms with Crippen molar-refractivity contribution in [3.05, 3.63) is 0 Å². The Labute approximate surface area is 123 Å². The lowest BCUT2D eigenvalue weighted by Gasteiger charge is -2.44. The number of carbonyl (C=O) groups is 1. The van der Waals surface area contributed by atoms with Crippen molar-refractivity contribution in [2.24, 2.45) is 11.8 Å². The van der Waals surface area contributed by atoms with Gasteiger partial charge in [-0.25, -0.2) is 0 Å². The molecule has 2 aliphatic rings. The van der Waals surface area contributed by atoms with Gasteiger partial charge < -0.3 is 10.6 Å². The zero-order valence-corrected chi connectivity index (χ0v) is 13.3. The van der Waals surface area contributed by atoms with Crippen molar-refractivity contribution in [1.82, 2.24) is 15.5 Å². The van der Waals surface area contributed by atoms with Crippen LogP contribution in [0.5, 0.6) is 0 Å². The lowest BCUT2D eigenvalue weighted by Crippen LogP contribution is -2.61. The molecule has 0 aromatic heterocycles. The first-order valence-corrected chi connectivity index (χ1v) is 8.37. The summed E-state index contributed by atoms with van der Waals surface area (Å²) in [6, 6.07) is 0.630. The molecule has 2 N–H and O–H groups in total. The van der Waals surface area contributed by atoms with Crippen molar-refractivity contribution in [3.8, 4) is 0 Å². The summed E-state index contributed by atoms with van der Waals surface area (Å²) in [7, 11) is 0. The largest absolute Gasteiger partial charge is 0.355 e. The summed E-state index contributed by atoms with van der Waals surface area (Å²) in [5.74, 6) is 1.80. The quantitative estimate of drug-likeness (QED) is 0.823. The molecule has 0 aromatic rings. The van der Waals surface area contributed by atoms with Crippen LogP contribution in [0.25, 0.3) is 0 Å². The van der Waals surface area contributed by atoms with Gasteiger partial charge in [0, 0.05) is 32.2 Å². The number of hydrogen-bond donors (Lipinski definition) is 2. The van der Waals surface area contributed by atoms with Gasteiger partial charge in [0.25, 0.3) is 0 Å². The van der Waals surface area contributed by atoms with Gasteiger partial charge >= 0.3 is 0 Å². The molecule has 20 heavy (non-hydrogen) atoms. The molecule has 1 amide bonds. The summed E-state index contributed by atoms with van der Waals surface area (Å²) in [5, 5.41) is 6.37. The Morgan fingerprint density at radius 3 is 2.90 bits per heavy atom. The van der Waals surface area contributed by atoms with Crippen LogP contribution in [0.15, 0.2) is 0 Å². The second kappa shape index (κ2) is 7.41. The number of rotatable bonds is 4. The standard InChI is InChI=1S/C16H31N3O/c1-4-18-16(20)15-11-17-8-9-19(15)14-7-5-6-13(10-14)12(2)3/h12-15,17H,4-11H2,1-3H3,(H,18,20). The third-order valence-electron chi connectivity index (χ3n) is 5.04. The number of hydrogen-bond acceptors (Lipinski definition) is 3. The van der Waals surface area contributed by atoms with Crippen LogP contribution in [0.1, 0.15) is 46.5 Å². The van der Waals surface area contributed by atoms with Crippen LogP contribution >= 0.6 is 0 Å². The van der Waals surface area contributed by atoms with Gasteiger partial charge in [0.1, 0.15) is 6.04 Å². The second-order valence-electron chi connectivity index (χ2n) is 6.68. The first-order valence-electron chi connectivity index (χ1n) is 8.37. The molecule has 4 nitrogen and oxygen atoms in total. The Balaban J connectivity index is 2.01. The number of piperazine rings is 1. The van der Waals surface area contributed by atoms with Gasteiger partial charge in [-0.3, -0.25) is 9.69 Å². The van der Waals surface area contributed by atoms with Gasteiger partial charge in [-0.2, -0.15) is 0 Å². The van der Waals surface area contributed by atoms with Gasteiger partial charge in [-0.15, -0.1) is 0 Å². The molecule has 116 valence electrons. The van der Waals surface area contributed by atoms with E-state index in [4.69, 9.17) is 0 Å². The fraction of sp³-hybridized carbons (Fsp3) is 0.938. The van der Waals surface area contributed by atoms with E-state index < -0.39 is 0 Å². The van der Waals surface area contributed by atoms with E-state index in [9.17, 15) is 4.79 Å². The second-order valence-corrected chi connectivity index (χ2v) is 6.68. The van der Waals surface area contributed by atoms with Crippen LogP contribution < -0.4 is 10.6 Å². The highest BCUT2D eigenvalue weighted by atomic mass is 16.2. The lowest BCUT2D eigenvalue weighted by molar-refractivity contribution is -0.128. The third kappa shape index (κ3) is 3.73. The van der Waals surface area contributed by atoms with Crippen molar-refractivity contribution >= 4 is 5.91 Å². The maximum absolute atomic E-state index is 12.3. The summed E-state index contributed by atoms with van der Waals surface area (Å²) < 4.78 is 0. The van der Waals surface area contributed by atoms with Gasteiger partial charge in [0.15, 0.2) is 0 Å². The van der Waals surface area contributed by atoms with E-state index in [1.54, 1.807) is 0 Å². The summed E-state index contributed by atoms with van der Waals surface area (Å²) in [6.07, 6.45) is 5.22. The molecule has 3 unspecified atom stereocenters. The van der Waals surface area contributed by atoms with Crippen LogP contribution in [0.2, 0.25) is 0 Å². The number of likely N-dealkylation sites (N-methyl/N-ethyl adjacent to an activating group) is 1. The number of amides is 1. The Morgan fingerprint density at radius 1 is 1.40 bits per heavy atom. The number of nitrogens with one attached hydrogen (secondary N) is 2. The predicted octanol–water partition coefficient (Wildman–Crippen LogP) is 1.61. The first-order chi connectivity index (χ1) is 9.63. The molecular weight excluding hydrogens is 250 g/mol. The van der Waals surface area contributed by atoms with E-state index in [0.717, 1.165) is 38.0 Å². The first kappa shape index (κ1) is 15.8. The summed E-state index contributed by atoms with van der Waals surface area (Å²) >= 11 is 0. The zero-order valence-electron chi connectivity index (χ0n) is 13.3. The van der Waals surface area contributed by atoms with Gasteiger partial charge in [-0.1, -0.05) is 26.7 Å². The fourth-order valence-electron chi connectivity index (χ4n) is 3.80. The normalized spacial score (nSPS) is 32.3. The Kier molecular flexibility index (Phi) is 5.85. The molecule has 0 bridgehead atoms. The smallest absolute Gasteiger partial charge is 0.238 e. The van der Waals surface area contributed by atoms with Crippen LogP contribution in [0.3, 0.4) is 0 Å². The molecular formula is C16H31N3O. The van der Waals surface area contributed by atoms with E-state index in [0.29, 0.717) is 6.04 Å². The number of nitrogens with zero attached hydrogens (tertiary/aromatic N) is 1. The van der Waals surface area contributed by atoms with Crippen LogP contribution in [0, 0.1) is 11.8 Å². The predicted molar refractivity (Wildman–Crippen MR) is 82.6 cm³/mol. The Hall–Kier alpha value is -0.610. The Bertz CT molecular complexity index is 319. The lowest BCUT2D eigenvalue weighted by atomic mass is 9.78. The van der Waals surface area contributed by atoms with E-state index in [1.165, 1.54) is 25.7 Å². The molecule has 1 aliphatic heterocycles. The van der Waals surface area contributed by atoms with Crippen LogP contribution in [0.4, 0.5) is 0 Å². The van der Waals surface area contributed by atoms with Gasteiger partial charge in [0.2, 0.25) is 5.91 Å². The maximum atomic E-state index is 12.3. The molecule has 1 aliphatic carbocycles. The van der Waals surface area contributed by atoms with Crippen molar-refractivity contribution < 1.29 is 4.79 Å². The number of carbonyl (C=O) groups excluding carboxylic acids is 1. The van der Waals surface area contributed by atoms with Gasteiger partial charge in [0.05, 0.1) is 0 Å². The van der Waals surface area contributed by atoms with Gasteiger partial charge in [-0.05, 0) is 31.6 Å². The molecule has 2 fully saturated rings. The SMILES string of the molecule is CCNC(=O)C1CNCCN1C1CCCC(C(C)C)C1. The fourth-order valence-corrected chi connectivity index (χ4v) is 3.80. The molecule has 0 aromatic carbocycles. The molecule has 1 heterocycles. The van der Waals surface area contributed by atoms with Crippen LogP contribution in [-0.4, -0.2) is 49.1 Å². The third-order valence-corrected chi connectivity index (χ3v) is 5.04. The Morgan fingerprint density at radius 2 is 2.20 bits per heavy atom. The maximum Gasteiger partial charge on any atom is 0.238 e. The van der Waals surface area contributed by atoms with E-state index in [2.05, 4.69) is 29.4 Å². The zero-order chi connectivity index (χ0) is 14.5. The van der Waals surface area contributed by atoms with Crippen molar-refractivity contribution in [1.29, 1.82) is 0 Å². The van der Waals surface area contributed by atoms with Crippen LogP contribution in [-0.2, 0) is 4.79 Å². The molecule has 1 saturated heterocycles. The molecule has 0 spiro atoms.